The fourth-order valence-corrected chi connectivity index (χ4v) is 3.29. The molecular weight excluding hydrogens is 212 g/mol. The highest BCUT2D eigenvalue weighted by Crippen LogP contribution is 2.31. The van der Waals surface area contributed by atoms with Gasteiger partial charge in [0.2, 0.25) is 5.91 Å². The summed E-state index contributed by atoms with van der Waals surface area (Å²) in [6.07, 6.45) is 5.90. The largest absolute Gasteiger partial charge is 0.340 e. The van der Waals surface area contributed by atoms with E-state index in [9.17, 15) is 4.79 Å². The van der Waals surface area contributed by atoms with E-state index in [1.807, 2.05) is 0 Å². The first-order valence-electron chi connectivity index (χ1n) is 7.21. The number of rotatable bonds is 2. The van der Waals surface area contributed by atoms with E-state index in [1.165, 1.54) is 25.7 Å². The third-order valence-electron chi connectivity index (χ3n) is 4.34. The zero-order chi connectivity index (χ0) is 12.3. The van der Waals surface area contributed by atoms with Crippen LogP contribution < -0.4 is 5.32 Å². The normalized spacial score (nSPS) is 28.5. The lowest BCUT2D eigenvalue weighted by Crippen LogP contribution is -2.44. The molecule has 2 heterocycles. The second-order valence-electron chi connectivity index (χ2n) is 5.82. The lowest BCUT2D eigenvalue weighted by Gasteiger charge is -2.33. The number of nitrogens with zero attached hydrogens (tertiary/aromatic N) is 1. The minimum absolute atomic E-state index is 0.307. The average molecular weight is 238 g/mol. The van der Waals surface area contributed by atoms with Crippen LogP contribution in [0.15, 0.2) is 0 Å². The van der Waals surface area contributed by atoms with Gasteiger partial charge in [-0.3, -0.25) is 4.79 Å². The smallest absolute Gasteiger partial charge is 0.226 e. The molecule has 3 heteroatoms. The van der Waals surface area contributed by atoms with E-state index in [0.29, 0.717) is 23.8 Å². The zero-order valence-electron chi connectivity index (χ0n) is 11.2. The van der Waals surface area contributed by atoms with Gasteiger partial charge in [0.1, 0.15) is 0 Å². The fraction of sp³-hybridized carbons (Fsp3) is 0.929. The van der Waals surface area contributed by atoms with Gasteiger partial charge in [0.15, 0.2) is 0 Å². The summed E-state index contributed by atoms with van der Waals surface area (Å²) in [5.41, 5.74) is 0. The van der Waals surface area contributed by atoms with Crippen molar-refractivity contribution < 1.29 is 4.79 Å². The molecule has 0 aliphatic carbocycles. The third kappa shape index (κ3) is 3.01. The molecule has 2 saturated heterocycles. The highest BCUT2D eigenvalue weighted by atomic mass is 16.2. The minimum Gasteiger partial charge on any atom is -0.340 e. The molecule has 0 unspecified atom stereocenters. The number of carbonyl (C=O) groups is 1. The van der Waals surface area contributed by atoms with Crippen molar-refractivity contribution in [1.82, 2.24) is 10.2 Å². The van der Waals surface area contributed by atoms with Gasteiger partial charge in [-0.2, -0.15) is 0 Å². The van der Waals surface area contributed by atoms with Crippen LogP contribution in [-0.4, -0.2) is 36.5 Å². The summed E-state index contributed by atoms with van der Waals surface area (Å²) in [5, 5.41) is 3.39. The van der Waals surface area contributed by atoms with Gasteiger partial charge in [0.05, 0.1) is 0 Å². The van der Waals surface area contributed by atoms with Crippen molar-refractivity contribution in [2.45, 2.75) is 52.0 Å². The molecule has 0 saturated carbocycles. The monoisotopic (exact) mass is 238 g/mol. The Morgan fingerprint density at radius 1 is 1.18 bits per heavy atom. The van der Waals surface area contributed by atoms with Crippen LogP contribution in [0.3, 0.4) is 0 Å². The van der Waals surface area contributed by atoms with Crippen molar-refractivity contribution in [3.8, 4) is 0 Å². The Labute approximate surface area is 105 Å². The van der Waals surface area contributed by atoms with E-state index in [0.717, 1.165) is 26.1 Å². The molecule has 0 bridgehead atoms. The van der Waals surface area contributed by atoms with Crippen molar-refractivity contribution in [3.63, 3.8) is 0 Å². The molecule has 0 aromatic carbocycles. The number of likely N-dealkylation sites (tertiary alicyclic amines) is 1. The fourth-order valence-electron chi connectivity index (χ4n) is 3.29. The van der Waals surface area contributed by atoms with Crippen molar-refractivity contribution in [3.05, 3.63) is 0 Å². The number of piperidine rings is 1. The summed E-state index contributed by atoms with van der Waals surface area (Å²) in [6.45, 7) is 7.44. The molecular formula is C14H26N2O. The Morgan fingerprint density at radius 3 is 2.53 bits per heavy atom. The topological polar surface area (TPSA) is 32.3 Å². The van der Waals surface area contributed by atoms with Crippen molar-refractivity contribution in [2.75, 3.05) is 19.6 Å². The molecule has 1 amide bonds. The van der Waals surface area contributed by atoms with E-state index < -0.39 is 0 Å². The van der Waals surface area contributed by atoms with Gasteiger partial charge in [0.25, 0.3) is 0 Å². The average Bonchev–Trinajstić information content (AvgIpc) is 2.52. The lowest BCUT2D eigenvalue weighted by molar-refractivity contribution is -0.138. The van der Waals surface area contributed by atoms with Crippen molar-refractivity contribution in [2.24, 2.45) is 11.8 Å². The maximum atomic E-state index is 12.6. The van der Waals surface area contributed by atoms with Gasteiger partial charge in [-0.25, -0.2) is 0 Å². The van der Waals surface area contributed by atoms with Gasteiger partial charge in [-0.1, -0.05) is 6.42 Å². The summed E-state index contributed by atoms with van der Waals surface area (Å²) < 4.78 is 0. The molecule has 3 nitrogen and oxygen atoms in total. The molecule has 0 aromatic heterocycles. The van der Waals surface area contributed by atoms with E-state index in [-0.39, 0.29) is 0 Å². The van der Waals surface area contributed by atoms with E-state index in [4.69, 9.17) is 0 Å². The SMILES string of the molecule is CC(C)N1CCCC[C@@H](C2CCNCC2)C1=O. The van der Waals surface area contributed by atoms with Crippen molar-refractivity contribution in [1.29, 1.82) is 0 Å². The molecule has 2 aliphatic heterocycles. The quantitative estimate of drug-likeness (QED) is 0.798. The summed E-state index contributed by atoms with van der Waals surface area (Å²) in [7, 11) is 0. The molecule has 1 atom stereocenters. The molecule has 17 heavy (non-hydrogen) atoms. The number of nitrogens with one attached hydrogen (secondary N) is 1. The van der Waals surface area contributed by atoms with Crippen LogP contribution in [0.2, 0.25) is 0 Å². The van der Waals surface area contributed by atoms with Crippen LogP contribution in [0.1, 0.15) is 46.0 Å². The number of hydrogen-bond donors (Lipinski definition) is 1. The lowest BCUT2D eigenvalue weighted by atomic mass is 9.81. The van der Waals surface area contributed by atoms with Crippen LogP contribution in [0.4, 0.5) is 0 Å². The van der Waals surface area contributed by atoms with Crippen LogP contribution in [0.25, 0.3) is 0 Å². The Bertz CT molecular complexity index is 259. The Morgan fingerprint density at radius 2 is 1.88 bits per heavy atom. The predicted octanol–water partition coefficient (Wildman–Crippen LogP) is 2.02. The van der Waals surface area contributed by atoms with Gasteiger partial charge in [-0.15, -0.1) is 0 Å². The van der Waals surface area contributed by atoms with E-state index >= 15 is 0 Å². The summed E-state index contributed by atoms with van der Waals surface area (Å²) >= 11 is 0. The first-order valence-corrected chi connectivity index (χ1v) is 7.21. The second kappa shape index (κ2) is 5.85. The predicted molar refractivity (Wildman–Crippen MR) is 69.8 cm³/mol. The summed E-state index contributed by atoms with van der Waals surface area (Å²) in [5.74, 6) is 1.37. The van der Waals surface area contributed by atoms with Crippen molar-refractivity contribution >= 4 is 5.91 Å². The minimum atomic E-state index is 0.307. The Hall–Kier alpha value is -0.570. The van der Waals surface area contributed by atoms with Gasteiger partial charge < -0.3 is 10.2 Å². The van der Waals surface area contributed by atoms with Crippen LogP contribution in [-0.2, 0) is 4.79 Å². The number of hydrogen-bond acceptors (Lipinski definition) is 2. The van der Waals surface area contributed by atoms with Gasteiger partial charge in [-0.05, 0) is 58.5 Å². The maximum Gasteiger partial charge on any atom is 0.226 e. The maximum absolute atomic E-state index is 12.6. The zero-order valence-corrected chi connectivity index (χ0v) is 11.2. The van der Waals surface area contributed by atoms with Crippen LogP contribution in [0.5, 0.6) is 0 Å². The molecule has 0 spiro atoms. The molecule has 0 aromatic rings. The third-order valence-corrected chi connectivity index (χ3v) is 4.34. The molecule has 0 radical (unpaired) electrons. The molecule has 2 rings (SSSR count). The Kier molecular flexibility index (Phi) is 4.43. The van der Waals surface area contributed by atoms with Gasteiger partial charge in [0, 0.05) is 18.5 Å². The standard InChI is InChI=1S/C14H26N2O/c1-11(2)16-10-4-3-5-13(14(16)17)12-6-8-15-9-7-12/h11-13,15H,3-10H2,1-2H3/t13-/m0/s1. The summed E-state index contributed by atoms with van der Waals surface area (Å²) in [4.78, 5) is 14.7. The highest BCUT2D eigenvalue weighted by molar-refractivity contribution is 5.79. The number of amides is 1. The van der Waals surface area contributed by atoms with E-state index in [1.54, 1.807) is 0 Å². The molecule has 1 N–H and O–H groups in total. The molecule has 98 valence electrons. The second-order valence-corrected chi connectivity index (χ2v) is 5.82. The van der Waals surface area contributed by atoms with E-state index in [2.05, 4.69) is 24.1 Å². The highest BCUT2D eigenvalue weighted by Gasteiger charge is 2.34. The first-order chi connectivity index (χ1) is 8.20. The number of carbonyl (C=O) groups excluding carboxylic acids is 1. The van der Waals surface area contributed by atoms with Crippen LogP contribution >= 0.6 is 0 Å². The molecule has 2 fully saturated rings. The van der Waals surface area contributed by atoms with Gasteiger partial charge >= 0.3 is 0 Å². The Balaban J connectivity index is 2.05. The van der Waals surface area contributed by atoms with Crippen LogP contribution in [0, 0.1) is 11.8 Å². The first kappa shape index (κ1) is 12.9. The molecule has 2 aliphatic rings. The summed E-state index contributed by atoms with van der Waals surface area (Å²) in [6, 6.07) is 0.366.